The van der Waals surface area contributed by atoms with Crippen molar-refractivity contribution in [2.45, 2.75) is 6.92 Å². The maximum absolute atomic E-state index is 12.1. The van der Waals surface area contributed by atoms with E-state index in [1.165, 1.54) is 6.08 Å². The molecule has 1 heterocycles. The summed E-state index contributed by atoms with van der Waals surface area (Å²) in [5.41, 5.74) is 2.15. The molecule has 1 aromatic carbocycles. The number of carbonyl (C=O) groups excluding carboxylic acids is 1. The van der Waals surface area contributed by atoms with Gasteiger partial charge in [-0.15, -0.1) is 0 Å². The minimum Gasteiger partial charge on any atom is -0.321 e. The lowest BCUT2D eigenvalue weighted by molar-refractivity contribution is -0.112. The number of hydrogen-bond donors (Lipinski definition) is 1. The highest BCUT2D eigenvalue weighted by molar-refractivity contribution is 6.31. The first-order chi connectivity index (χ1) is 10.1. The van der Waals surface area contributed by atoms with Gasteiger partial charge in [0.15, 0.2) is 0 Å². The zero-order valence-corrected chi connectivity index (χ0v) is 12.1. The third kappa shape index (κ3) is 3.91. The van der Waals surface area contributed by atoms with E-state index in [4.69, 9.17) is 16.9 Å². The Morgan fingerprint density at radius 2 is 2.24 bits per heavy atom. The molecule has 0 fully saturated rings. The van der Waals surface area contributed by atoms with Gasteiger partial charge in [0.05, 0.1) is 0 Å². The van der Waals surface area contributed by atoms with Crippen LogP contribution in [0.25, 0.3) is 6.08 Å². The van der Waals surface area contributed by atoms with E-state index in [1.54, 1.807) is 42.7 Å². The van der Waals surface area contributed by atoms with Crippen molar-refractivity contribution in [3.05, 3.63) is 64.4 Å². The summed E-state index contributed by atoms with van der Waals surface area (Å²) < 4.78 is 0. The first-order valence-corrected chi connectivity index (χ1v) is 6.57. The highest BCUT2D eigenvalue weighted by atomic mass is 35.5. The van der Waals surface area contributed by atoms with Gasteiger partial charge in [-0.1, -0.05) is 23.7 Å². The van der Waals surface area contributed by atoms with Gasteiger partial charge in [-0.25, -0.2) is 0 Å². The third-order valence-electron chi connectivity index (χ3n) is 2.79. The maximum atomic E-state index is 12.1. The van der Waals surface area contributed by atoms with E-state index in [0.717, 1.165) is 5.56 Å². The second-order valence-electron chi connectivity index (χ2n) is 4.37. The lowest BCUT2D eigenvalue weighted by Gasteiger charge is -2.06. The SMILES string of the molecule is Cc1ccc(NC(=O)/C(C#N)=C/c2cccnc2)cc1Cl. The largest absolute Gasteiger partial charge is 0.321 e. The molecule has 0 bridgehead atoms. The Labute approximate surface area is 127 Å². The Bertz CT molecular complexity index is 733. The molecule has 0 spiro atoms. The first kappa shape index (κ1) is 14.8. The van der Waals surface area contributed by atoms with Gasteiger partial charge in [-0.05, 0) is 42.3 Å². The van der Waals surface area contributed by atoms with Crippen LogP contribution < -0.4 is 5.32 Å². The summed E-state index contributed by atoms with van der Waals surface area (Å²) in [5.74, 6) is -0.485. The molecule has 0 aliphatic heterocycles. The average molecular weight is 298 g/mol. The number of benzene rings is 1. The van der Waals surface area contributed by atoms with Gasteiger partial charge in [0.2, 0.25) is 0 Å². The molecule has 0 saturated heterocycles. The van der Waals surface area contributed by atoms with Gasteiger partial charge in [0.1, 0.15) is 11.6 Å². The van der Waals surface area contributed by atoms with Crippen molar-refractivity contribution in [1.82, 2.24) is 4.98 Å². The summed E-state index contributed by atoms with van der Waals surface area (Å²) in [7, 11) is 0. The standard InChI is InChI=1S/C16H12ClN3O/c1-11-4-5-14(8-15(11)17)20-16(21)13(9-18)7-12-3-2-6-19-10-12/h2-8,10H,1H3,(H,20,21)/b13-7+. The molecule has 4 nitrogen and oxygen atoms in total. The molecular formula is C16H12ClN3O. The van der Waals surface area contributed by atoms with Crippen molar-refractivity contribution in [3.8, 4) is 6.07 Å². The van der Waals surface area contributed by atoms with E-state index in [-0.39, 0.29) is 5.57 Å². The van der Waals surface area contributed by atoms with Gasteiger partial charge >= 0.3 is 0 Å². The van der Waals surface area contributed by atoms with Crippen LogP contribution in [0.2, 0.25) is 5.02 Å². The number of nitrogens with one attached hydrogen (secondary N) is 1. The fourth-order valence-corrected chi connectivity index (χ4v) is 1.83. The van der Waals surface area contributed by atoms with Crippen LogP contribution >= 0.6 is 11.6 Å². The Balaban J connectivity index is 2.20. The molecule has 0 aliphatic rings. The molecule has 2 aromatic rings. The number of aromatic nitrogens is 1. The van der Waals surface area contributed by atoms with Crippen LogP contribution in [0.1, 0.15) is 11.1 Å². The number of hydrogen-bond acceptors (Lipinski definition) is 3. The van der Waals surface area contributed by atoms with Crippen LogP contribution in [0.5, 0.6) is 0 Å². The number of nitriles is 1. The molecule has 1 N–H and O–H groups in total. The maximum Gasteiger partial charge on any atom is 0.266 e. The molecule has 5 heteroatoms. The zero-order valence-electron chi connectivity index (χ0n) is 11.3. The molecule has 0 unspecified atom stereocenters. The van der Waals surface area contributed by atoms with E-state index in [9.17, 15) is 4.79 Å². The number of pyridine rings is 1. The number of carbonyl (C=O) groups is 1. The molecule has 104 valence electrons. The van der Waals surface area contributed by atoms with Gasteiger partial charge in [-0.3, -0.25) is 9.78 Å². The van der Waals surface area contributed by atoms with Crippen LogP contribution in [0.15, 0.2) is 48.3 Å². The smallest absolute Gasteiger partial charge is 0.266 e. The monoisotopic (exact) mass is 297 g/mol. The molecule has 0 saturated carbocycles. The van der Waals surface area contributed by atoms with Crippen LogP contribution in [-0.4, -0.2) is 10.9 Å². The number of anilines is 1. The average Bonchev–Trinajstić information content (AvgIpc) is 2.49. The topological polar surface area (TPSA) is 65.8 Å². The normalized spacial score (nSPS) is 10.8. The van der Waals surface area contributed by atoms with Crippen LogP contribution in [-0.2, 0) is 4.79 Å². The first-order valence-electron chi connectivity index (χ1n) is 6.19. The highest BCUT2D eigenvalue weighted by Crippen LogP contribution is 2.20. The number of amides is 1. The zero-order chi connectivity index (χ0) is 15.2. The molecule has 2 rings (SSSR count). The quantitative estimate of drug-likeness (QED) is 0.695. The molecule has 0 radical (unpaired) electrons. The van der Waals surface area contributed by atoms with Crippen molar-refractivity contribution in [3.63, 3.8) is 0 Å². The Hall–Kier alpha value is -2.64. The van der Waals surface area contributed by atoms with Gasteiger partial charge in [0, 0.05) is 23.1 Å². The van der Waals surface area contributed by atoms with E-state index >= 15 is 0 Å². The minimum atomic E-state index is -0.485. The molecule has 1 aromatic heterocycles. The number of nitrogens with zero attached hydrogens (tertiary/aromatic N) is 2. The van der Waals surface area contributed by atoms with Gasteiger partial charge < -0.3 is 5.32 Å². The van der Waals surface area contributed by atoms with Gasteiger partial charge in [0.25, 0.3) is 5.91 Å². The van der Waals surface area contributed by atoms with Crippen molar-refractivity contribution in [1.29, 1.82) is 5.26 Å². The number of rotatable bonds is 3. The molecule has 0 aliphatic carbocycles. The van der Waals surface area contributed by atoms with E-state index in [1.807, 2.05) is 13.0 Å². The Morgan fingerprint density at radius 1 is 1.43 bits per heavy atom. The second kappa shape index (κ2) is 6.69. The lowest BCUT2D eigenvalue weighted by Crippen LogP contribution is -2.13. The summed E-state index contributed by atoms with van der Waals surface area (Å²) in [6.45, 7) is 1.87. The molecule has 21 heavy (non-hydrogen) atoms. The van der Waals surface area contributed by atoms with Crippen LogP contribution in [0.3, 0.4) is 0 Å². The summed E-state index contributed by atoms with van der Waals surface area (Å²) in [4.78, 5) is 16.0. The third-order valence-corrected chi connectivity index (χ3v) is 3.20. The van der Waals surface area contributed by atoms with Crippen LogP contribution in [0, 0.1) is 18.3 Å². The van der Waals surface area contributed by atoms with Crippen molar-refractivity contribution >= 4 is 29.3 Å². The lowest BCUT2D eigenvalue weighted by atomic mass is 10.1. The van der Waals surface area contributed by atoms with E-state index in [0.29, 0.717) is 16.3 Å². The fraction of sp³-hybridized carbons (Fsp3) is 0.0625. The van der Waals surface area contributed by atoms with Crippen molar-refractivity contribution in [2.75, 3.05) is 5.32 Å². The molecule has 0 atom stereocenters. The Kier molecular flexibility index (Phi) is 4.70. The summed E-state index contributed by atoms with van der Waals surface area (Å²) in [6, 6.07) is 10.6. The fourth-order valence-electron chi connectivity index (χ4n) is 1.65. The summed E-state index contributed by atoms with van der Waals surface area (Å²) >= 11 is 6.00. The predicted octanol–water partition coefficient (Wildman–Crippen LogP) is 3.59. The number of halogens is 1. The highest BCUT2D eigenvalue weighted by Gasteiger charge is 2.10. The van der Waals surface area contributed by atoms with E-state index in [2.05, 4.69) is 10.3 Å². The van der Waals surface area contributed by atoms with Crippen molar-refractivity contribution < 1.29 is 4.79 Å². The second-order valence-corrected chi connectivity index (χ2v) is 4.78. The molecular weight excluding hydrogens is 286 g/mol. The minimum absolute atomic E-state index is 0.000280. The van der Waals surface area contributed by atoms with E-state index < -0.39 is 5.91 Å². The summed E-state index contributed by atoms with van der Waals surface area (Å²) in [6.07, 6.45) is 4.68. The van der Waals surface area contributed by atoms with Crippen LogP contribution in [0.4, 0.5) is 5.69 Å². The number of aryl methyl sites for hydroxylation is 1. The van der Waals surface area contributed by atoms with Gasteiger partial charge in [-0.2, -0.15) is 5.26 Å². The van der Waals surface area contributed by atoms with Crippen molar-refractivity contribution in [2.24, 2.45) is 0 Å². The molecule has 1 amide bonds. The Morgan fingerprint density at radius 3 is 2.86 bits per heavy atom. The predicted molar refractivity (Wildman–Crippen MR) is 82.6 cm³/mol. The summed E-state index contributed by atoms with van der Waals surface area (Å²) in [5, 5.41) is 12.3.